The molecule has 0 bridgehead atoms. The van der Waals surface area contributed by atoms with E-state index in [1.807, 2.05) is 20.8 Å². The van der Waals surface area contributed by atoms with Gasteiger partial charge in [-0.3, -0.25) is 0 Å². The molecule has 19 heavy (non-hydrogen) atoms. The lowest BCUT2D eigenvalue weighted by Crippen LogP contribution is -2.26. The highest BCUT2D eigenvalue weighted by atomic mass is 79.9. The number of aromatic nitrogens is 2. The molecule has 102 valence electrons. The average molecular weight is 328 g/mol. The Morgan fingerprint density at radius 1 is 1.37 bits per heavy atom. The Balaban J connectivity index is 2.33. The highest BCUT2D eigenvalue weighted by Gasteiger charge is 2.27. The maximum absolute atomic E-state index is 13.2. The van der Waals surface area contributed by atoms with Crippen molar-refractivity contribution in [2.24, 2.45) is 11.1 Å². The quantitative estimate of drug-likeness (QED) is 0.913. The standard InChI is InChI=1S/C13H15BrFN3O/c1-13(2,3)10(16)12-17-11(18-19-12)7-4-5-9(15)8(14)6-7/h4-6,10H,16H2,1-3H3. The largest absolute Gasteiger partial charge is 0.337 e. The molecule has 1 unspecified atom stereocenters. The Bertz CT molecular complexity index is 592. The molecule has 2 aromatic rings. The molecule has 0 saturated carbocycles. The number of nitrogens with zero attached hydrogens (tertiary/aromatic N) is 2. The van der Waals surface area contributed by atoms with Crippen LogP contribution in [0.4, 0.5) is 4.39 Å². The van der Waals surface area contributed by atoms with E-state index in [1.165, 1.54) is 6.07 Å². The minimum Gasteiger partial charge on any atom is -0.337 e. The van der Waals surface area contributed by atoms with Gasteiger partial charge in [0.05, 0.1) is 10.5 Å². The first-order valence-corrected chi connectivity index (χ1v) is 6.63. The van der Waals surface area contributed by atoms with Crippen molar-refractivity contribution in [1.82, 2.24) is 10.1 Å². The summed E-state index contributed by atoms with van der Waals surface area (Å²) in [5, 5.41) is 3.88. The zero-order valence-electron chi connectivity index (χ0n) is 10.9. The summed E-state index contributed by atoms with van der Waals surface area (Å²) in [5.74, 6) is 0.442. The summed E-state index contributed by atoms with van der Waals surface area (Å²) >= 11 is 3.12. The van der Waals surface area contributed by atoms with Gasteiger partial charge >= 0.3 is 0 Å². The number of nitrogens with two attached hydrogens (primary N) is 1. The predicted octanol–water partition coefficient (Wildman–Crippen LogP) is 3.68. The highest BCUT2D eigenvalue weighted by Crippen LogP contribution is 2.31. The lowest BCUT2D eigenvalue weighted by molar-refractivity contribution is 0.253. The van der Waals surface area contributed by atoms with Crippen molar-refractivity contribution < 1.29 is 8.91 Å². The maximum Gasteiger partial charge on any atom is 0.244 e. The first-order chi connectivity index (χ1) is 8.79. The van der Waals surface area contributed by atoms with Crippen LogP contribution in [0.1, 0.15) is 32.7 Å². The second kappa shape index (κ2) is 5.02. The minimum atomic E-state index is -0.349. The molecule has 1 aromatic heterocycles. The van der Waals surface area contributed by atoms with Crippen LogP contribution in [-0.2, 0) is 0 Å². The summed E-state index contributed by atoms with van der Waals surface area (Å²) in [7, 11) is 0. The van der Waals surface area contributed by atoms with E-state index in [0.717, 1.165) is 0 Å². The number of rotatable bonds is 2. The van der Waals surface area contributed by atoms with Gasteiger partial charge in [0.1, 0.15) is 5.82 Å². The Morgan fingerprint density at radius 3 is 2.63 bits per heavy atom. The van der Waals surface area contributed by atoms with Gasteiger partial charge in [0.2, 0.25) is 11.7 Å². The van der Waals surface area contributed by atoms with Crippen LogP contribution in [0.5, 0.6) is 0 Å². The van der Waals surface area contributed by atoms with Crippen LogP contribution >= 0.6 is 15.9 Å². The summed E-state index contributed by atoms with van der Waals surface area (Å²) in [4.78, 5) is 4.27. The third kappa shape index (κ3) is 3.01. The average Bonchev–Trinajstić information content (AvgIpc) is 2.79. The fraction of sp³-hybridized carbons (Fsp3) is 0.385. The Hall–Kier alpha value is -1.27. The first kappa shape index (κ1) is 14.1. The van der Waals surface area contributed by atoms with E-state index in [4.69, 9.17) is 10.3 Å². The normalized spacial score (nSPS) is 13.6. The third-order valence-electron chi connectivity index (χ3n) is 2.82. The minimum absolute atomic E-state index is 0.173. The maximum atomic E-state index is 13.2. The molecule has 4 nitrogen and oxygen atoms in total. The van der Waals surface area contributed by atoms with Crippen molar-refractivity contribution in [1.29, 1.82) is 0 Å². The molecule has 0 fully saturated rings. The highest BCUT2D eigenvalue weighted by molar-refractivity contribution is 9.10. The summed E-state index contributed by atoms with van der Waals surface area (Å²) in [5.41, 5.74) is 6.55. The Kier molecular flexibility index (Phi) is 3.73. The lowest BCUT2D eigenvalue weighted by atomic mass is 9.87. The van der Waals surface area contributed by atoms with Crippen molar-refractivity contribution in [2.75, 3.05) is 0 Å². The van der Waals surface area contributed by atoms with Crippen LogP contribution in [0.3, 0.4) is 0 Å². The SMILES string of the molecule is CC(C)(C)C(N)c1nc(-c2ccc(F)c(Br)c2)no1. The summed E-state index contributed by atoms with van der Waals surface area (Å²) in [6.07, 6.45) is 0. The molecular weight excluding hydrogens is 313 g/mol. The molecule has 1 aromatic carbocycles. The van der Waals surface area contributed by atoms with Crippen molar-refractivity contribution in [3.05, 3.63) is 34.4 Å². The molecule has 0 aliphatic rings. The second-order valence-electron chi connectivity index (χ2n) is 5.43. The third-order valence-corrected chi connectivity index (χ3v) is 3.43. The molecular formula is C13H15BrFN3O. The number of benzene rings is 1. The molecule has 6 heteroatoms. The first-order valence-electron chi connectivity index (χ1n) is 5.83. The topological polar surface area (TPSA) is 64.9 Å². The van der Waals surface area contributed by atoms with Crippen LogP contribution in [0, 0.1) is 11.2 Å². The molecule has 0 aliphatic heterocycles. The molecule has 1 atom stereocenters. The van der Waals surface area contributed by atoms with E-state index in [9.17, 15) is 4.39 Å². The molecule has 0 amide bonds. The lowest BCUT2D eigenvalue weighted by Gasteiger charge is -2.23. The molecule has 2 N–H and O–H groups in total. The number of hydrogen-bond acceptors (Lipinski definition) is 4. The van der Waals surface area contributed by atoms with Crippen molar-refractivity contribution >= 4 is 15.9 Å². The number of hydrogen-bond donors (Lipinski definition) is 1. The van der Waals surface area contributed by atoms with Gasteiger partial charge in [-0.25, -0.2) is 4.39 Å². The van der Waals surface area contributed by atoms with Gasteiger partial charge in [0.25, 0.3) is 0 Å². The Labute approximate surface area is 119 Å². The van der Waals surface area contributed by atoms with Crippen LogP contribution < -0.4 is 5.73 Å². The van der Waals surface area contributed by atoms with Gasteiger partial charge in [-0.15, -0.1) is 0 Å². The van der Waals surface area contributed by atoms with Crippen LogP contribution in [-0.4, -0.2) is 10.1 Å². The summed E-state index contributed by atoms with van der Waals surface area (Å²) < 4.78 is 18.7. The van der Waals surface area contributed by atoms with Crippen LogP contribution in [0.2, 0.25) is 0 Å². The van der Waals surface area contributed by atoms with Crippen molar-refractivity contribution in [2.45, 2.75) is 26.8 Å². The monoisotopic (exact) mass is 327 g/mol. The van der Waals surface area contributed by atoms with E-state index < -0.39 is 0 Å². The molecule has 1 heterocycles. The molecule has 0 saturated heterocycles. The zero-order chi connectivity index (χ0) is 14.2. The Morgan fingerprint density at radius 2 is 2.05 bits per heavy atom. The fourth-order valence-electron chi connectivity index (χ4n) is 1.48. The molecule has 0 aliphatic carbocycles. The fourth-order valence-corrected chi connectivity index (χ4v) is 1.86. The van der Waals surface area contributed by atoms with Gasteiger partial charge in [-0.2, -0.15) is 4.98 Å². The van der Waals surface area contributed by atoms with Crippen molar-refractivity contribution in [3.8, 4) is 11.4 Å². The molecule has 0 spiro atoms. The predicted molar refractivity (Wildman–Crippen MR) is 73.8 cm³/mol. The van der Waals surface area contributed by atoms with Crippen molar-refractivity contribution in [3.63, 3.8) is 0 Å². The summed E-state index contributed by atoms with van der Waals surface area (Å²) in [6, 6.07) is 4.20. The molecule has 2 rings (SSSR count). The van der Waals surface area contributed by atoms with E-state index >= 15 is 0 Å². The van der Waals surface area contributed by atoms with Gasteiger partial charge in [0.15, 0.2) is 0 Å². The van der Waals surface area contributed by atoms with E-state index in [-0.39, 0.29) is 17.3 Å². The van der Waals surface area contributed by atoms with Gasteiger partial charge in [-0.1, -0.05) is 25.9 Å². The van der Waals surface area contributed by atoms with E-state index in [2.05, 4.69) is 26.1 Å². The van der Waals surface area contributed by atoms with Gasteiger partial charge in [0, 0.05) is 5.56 Å². The van der Waals surface area contributed by atoms with E-state index in [0.29, 0.717) is 21.8 Å². The van der Waals surface area contributed by atoms with Gasteiger partial charge < -0.3 is 10.3 Å². The van der Waals surface area contributed by atoms with Gasteiger partial charge in [-0.05, 0) is 39.5 Å². The van der Waals surface area contributed by atoms with Crippen LogP contribution in [0.25, 0.3) is 11.4 Å². The zero-order valence-corrected chi connectivity index (χ0v) is 12.5. The second-order valence-corrected chi connectivity index (χ2v) is 6.28. The number of halogens is 2. The van der Waals surface area contributed by atoms with E-state index in [1.54, 1.807) is 12.1 Å². The summed E-state index contributed by atoms with van der Waals surface area (Å²) in [6.45, 7) is 5.99. The van der Waals surface area contributed by atoms with Crippen LogP contribution in [0.15, 0.2) is 27.2 Å². The smallest absolute Gasteiger partial charge is 0.244 e. The molecule has 0 radical (unpaired) electrons.